The van der Waals surface area contributed by atoms with E-state index in [0.29, 0.717) is 18.5 Å². The molecule has 1 aliphatic carbocycles. The van der Waals surface area contributed by atoms with Gasteiger partial charge in [0.1, 0.15) is 0 Å². The molecule has 0 unspecified atom stereocenters. The highest BCUT2D eigenvalue weighted by molar-refractivity contribution is 6.18. The van der Waals surface area contributed by atoms with Gasteiger partial charge in [-0.2, -0.15) is 0 Å². The van der Waals surface area contributed by atoms with E-state index in [-0.39, 0.29) is 6.03 Å². The molecule has 2 amide bonds. The topological polar surface area (TPSA) is 41.1 Å². The second-order valence-corrected chi connectivity index (χ2v) is 3.10. The molecule has 1 aliphatic rings. The summed E-state index contributed by atoms with van der Waals surface area (Å²) in [5.74, 6) is 0.470. The summed E-state index contributed by atoms with van der Waals surface area (Å²) in [4.78, 5) is 10.9. The fourth-order valence-electron chi connectivity index (χ4n) is 0.950. The number of amides is 2. The Balaban J connectivity index is 2.00. The maximum atomic E-state index is 10.9. The summed E-state index contributed by atoms with van der Waals surface area (Å²) >= 11 is 5.39. The van der Waals surface area contributed by atoms with Crippen LogP contribution in [-0.4, -0.2) is 24.5 Å². The minimum atomic E-state index is -0.0876. The molecule has 0 aromatic rings. The Hall–Kier alpha value is -0.440. The summed E-state index contributed by atoms with van der Waals surface area (Å²) < 4.78 is 0. The molecular weight excluding hydrogens is 164 g/mol. The molecule has 0 heterocycles. The maximum Gasteiger partial charge on any atom is 0.315 e. The number of carbonyl (C=O) groups is 1. The molecule has 0 aliphatic heterocycles. The largest absolute Gasteiger partial charge is 0.337 e. The highest BCUT2D eigenvalue weighted by Crippen LogP contribution is 2.17. The third kappa shape index (κ3) is 2.97. The normalized spacial score (nSPS) is 17.2. The first-order valence-corrected chi connectivity index (χ1v) is 4.46. The molecule has 64 valence electrons. The zero-order valence-corrected chi connectivity index (χ0v) is 7.16. The van der Waals surface area contributed by atoms with E-state index in [4.69, 9.17) is 11.6 Å². The van der Waals surface area contributed by atoms with E-state index in [2.05, 4.69) is 10.6 Å². The lowest BCUT2D eigenvalue weighted by Crippen LogP contribution is -2.45. The van der Waals surface area contributed by atoms with Crippen LogP contribution < -0.4 is 10.6 Å². The predicted molar refractivity (Wildman–Crippen MR) is 44.9 cm³/mol. The van der Waals surface area contributed by atoms with Crippen molar-refractivity contribution in [2.24, 2.45) is 0 Å². The Kier molecular flexibility index (Phi) is 3.49. The SMILES string of the molecule is O=C(NCCCl)NC1CCC1. The van der Waals surface area contributed by atoms with Gasteiger partial charge in [-0.15, -0.1) is 11.6 Å². The molecule has 1 saturated carbocycles. The fraction of sp³-hybridized carbons (Fsp3) is 0.857. The van der Waals surface area contributed by atoms with Crippen molar-refractivity contribution < 1.29 is 4.79 Å². The second-order valence-electron chi connectivity index (χ2n) is 2.72. The molecule has 2 N–H and O–H groups in total. The zero-order chi connectivity index (χ0) is 8.10. The molecule has 0 bridgehead atoms. The number of urea groups is 1. The summed E-state index contributed by atoms with van der Waals surface area (Å²) in [7, 11) is 0. The number of carbonyl (C=O) groups excluding carboxylic acids is 1. The van der Waals surface area contributed by atoms with Crippen molar-refractivity contribution in [3.05, 3.63) is 0 Å². The van der Waals surface area contributed by atoms with Gasteiger partial charge >= 0.3 is 6.03 Å². The van der Waals surface area contributed by atoms with Crippen LogP contribution >= 0.6 is 11.6 Å². The van der Waals surface area contributed by atoms with Gasteiger partial charge in [-0.25, -0.2) is 4.79 Å². The summed E-state index contributed by atoms with van der Waals surface area (Å²) in [5.41, 5.74) is 0. The zero-order valence-electron chi connectivity index (χ0n) is 6.40. The van der Waals surface area contributed by atoms with Crippen LogP contribution in [0.15, 0.2) is 0 Å². The first-order valence-electron chi connectivity index (χ1n) is 3.93. The van der Waals surface area contributed by atoms with Crippen molar-refractivity contribution in [3.8, 4) is 0 Å². The van der Waals surface area contributed by atoms with E-state index in [1.165, 1.54) is 6.42 Å². The lowest BCUT2D eigenvalue weighted by atomic mass is 9.93. The second kappa shape index (κ2) is 4.44. The van der Waals surface area contributed by atoms with Gasteiger partial charge in [-0.3, -0.25) is 0 Å². The Bertz CT molecular complexity index is 136. The van der Waals surface area contributed by atoms with Crippen LogP contribution in [0.2, 0.25) is 0 Å². The van der Waals surface area contributed by atoms with Gasteiger partial charge in [0.15, 0.2) is 0 Å². The average Bonchev–Trinajstić information content (AvgIpc) is 1.93. The van der Waals surface area contributed by atoms with Gasteiger partial charge in [0.2, 0.25) is 0 Å². The van der Waals surface area contributed by atoms with Crippen LogP contribution in [0.3, 0.4) is 0 Å². The molecule has 0 aromatic carbocycles. The highest BCUT2D eigenvalue weighted by Gasteiger charge is 2.18. The molecule has 0 atom stereocenters. The van der Waals surface area contributed by atoms with Crippen LogP contribution in [-0.2, 0) is 0 Å². The van der Waals surface area contributed by atoms with Crippen LogP contribution in [0.25, 0.3) is 0 Å². The van der Waals surface area contributed by atoms with Crippen molar-refractivity contribution in [2.75, 3.05) is 12.4 Å². The van der Waals surface area contributed by atoms with Crippen molar-refractivity contribution in [3.63, 3.8) is 0 Å². The highest BCUT2D eigenvalue weighted by atomic mass is 35.5. The quantitative estimate of drug-likeness (QED) is 0.621. The van der Waals surface area contributed by atoms with Crippen molar-refractivity contribution in [1.29, 1.82) is 0 Å². The van der Waals surface area contributed by atoms with Crippen molar-refractivity contribution in [1.82, 2.24) is 10.6 Å². The predicted octanol–water partition coefficient (Wildman–Crippen LogP) is 1.08. The van der Waals surface area contributed by atoms with Crippen LogP contribution in [0.4, 0.5) is 4.79 Å². The standard InChI is InChI=1S/C7H13ClN2O/c8-4-5-9-7(11)10-6-2-1-3-6/h6H,1-5H2,(H2,9,10,11). The summed E-state index contributed by atoms with van der Waals surface area (Å²) in [5, 5.41) is 5.49. The summed E-state index contributed by atoms with van der Waals surface area (Å²) in [6.45, 7) is 0.542. The maximum absolute atomic E-state index is 10.9. The minimum absolute atomic E-state index is 0.0876. The molecule has 0 aromatic heterocycles. The Morgan fingerprint density at radius 1 is 1.55 bits per heavy atom. The van der Waals surface area contributed by atoms with Crippen molar-refractivity contribution >= 4 is 17.6 Å². The fourth-order valence-corrected chi connectivity index (χ4v) is 1.04. The Morgan fingerprint density at radius 2 is 2.27 bits per heavy atom. The van der Waals surface area contributed by atoms with E-state index in [0.717, 1.165) is 12.8 Å². The smallest absolute Gasteiger partial charge is 0.315 e. The molecule has 1 fully saturated rings. The number of rotatable bonds is 3. The van der Waals surface area contributed by atoms with E-state index < -0.39 is 0 Å². The third-order valence-corrected chi connectivity index (χ3v) is 2.01. The molecule has 11 heavy (non-hydrogen) atoms. The van der Waals surface area contributed by atoms with Gasteiger partial charge in [-0.1, -0.05) is 0 Å². The Morgan fingerprint density at radius 3 is 2.73 bits per heavy atom. The first kappa shape index (κ1) is 8.65. The monoisotopic (exact) mass is 176 g/mol. The molecule has 4 heteroatoms. The van der Waals surface area contributed by atoms with Gasteiger partial charge in [0.05, 0.1) is 0 Å². The molecule has 3 nitrogen and oxygen atoms in total. The number of halogens is 1. The van der Waals surface area contributed by atoms with E-state index in [1.54, 1.807) is 0 Å². The molecule has 0 saturated heterocycles. The van der Waals surface area contributed by atoms with E-state index >= 15 is 0 Å². The summed E-state index contributed by atoms with van der Waals surface area (Å²) in [6, 6.07) is 0.320. The molecular formula is C7H13ClN2O. The third-order valence-electron chi connectivity index (χ3n) is 1.82. The molecule has 0 spiro atoms. The van der Waals surface area contributed by atoms with Crippen LogP contribution in [0, 0.1) is 0 Å². The lowest BCUT2D eigenvalue weighted by Gasteiger charge is -2.26. The Labute approximate surface area is 71.5 Å². The average molecular weight is 177 g/mol. The van der Waals surface area contributed by atoms with E-state index in [9.17, 15) is 4.79 Å². The van der Waals surface area contributed by atoms with Gasteiger partial charge < -0.3 is 10.6 Å². The van der Waals surface area contributed by atoms with Crippen molar-refractivity contribution in [2.45, 2.75) is 25.3 Å². The summed E-state index contributed by atoms with van der Waals surface area (Å²) in [6.07, 6.45) is 3.48. The van der Waals surface area contributed by atoms with E-state index in [1.807, 2.05) is 0 Å². The number of hydrogen-bond acceptors (Lipinski definition) is 1. The number of alkyl halides is 1. The van der Waals surface area contributed by atoms with Gasteiger partial charge in [-0.05, 0) is 19.3 Å². The molecule has 1 rings (SSSR count). The number of nitrogens with one attached hydrogen (secondary N) is 2. The van der Waals surface area contributed by atoms with Crippen LogP contribution in [0.5, 0.6) is 0 Å². The first-order chi connectivity index (χ1) is 5.33. The lowest BCUT2D eigenvalue weighted by molar-refractivity contribution is 0.229. The minimum Gasteiger partial charge on any atom is -0.337 e. The molecule has 0 radical (unpaired) electrons. The number of hydrogen-bond donors (Lipinski definition) is 2. The van der Waals surface area contributed by atoms with Crippen LogP contribution in [0.1, 0.15) is 19.3 Å². The van der Waals surface area contributed by atoms with Gasteiger partial charge in [0, 0.05) is 18.5 Å². The van der Waals surface area contributed by atoms with Gasteiger partial charge in [0.25, 0.3) is 0 Å².